The first kappa shape index (κ1) is 20.6. The van der Waals surface area contributed by atoms with Gasteiger partial charge in [-0.05, 0) is 43.3 Å². The highest BCUT2D eigenvalue weighted by molar-refractivity contribution is 5.91. The van der Waals surface area contributed by atoms with Crippen LogP contribution in [-0.2, 0) is 13.7 Å². The van der Waals surface area contributed by atoms with Gasteiger partial charge in [0.1, 0.15) is 47.3 Å². The highest BCUT2D eigenvalue weighted by Gasteiger charge is 2.14. The number of nitrogens with zero attached hydrogens (tertiary/aromatic N) is 5. The second-order valence-electron chi connectivity index (χ2n) is 7.59. The molecule has 0 radical (unpaired) electrons. The molecule has 8 heteroatoms. The molecule has 0 bridgehead atoms. The summed E-state index contributed by atoms with van der Waals surface area (Å²) in [5.74, 6) is 3.15. The highest BCUT2D eigenvalue weighted by Crippen LogP contribution is 2.31. The van der Waals surface area contributed by atoms with Crippen LogP contribution in [0.15, 0.2) is 73.1 Å². The average molecular weight is 441 g/mol. The number of hydrogen-bond acceptors (Lipinski definition) is 6. The van der Waals surface area contributed by atoms with E-state index in [2.05, 4.69) is 26.0 Å². The van der Waals surface area contributed by atoms with Crippen molar-refractivity contribution in [3.05, 3.63) is 84.7 Å². The van der Waals surface area contributed by atoms with Gasteiger partial charge >= 0.3 is 0 Å². The van der Waals surface area contributed by atoms with Gasteiger partial charge in [0.15, 0.2) is 0 Å². The standard InChI is InChI=1S/C25H24N6O2/c1-17-26-16-27-31(17)21-13-12-18(14-23(21)32-3)28-20-10-7-11-22-25(20)29-24(30(22)2)15-33-19-8-5-4-6-9-19/h4-14,16,28H,15H2,1-3H3. The molecular weight excluding hydrogens is 416 g/mol. The number of benzene rings is 3. The van der Waals surface area contributed by atoms with Gasteiger partial charge < -0.3 is 19.4 Å². The third kappa shape index (κ3) is 3.98. The number of fused-ring (bicyclic) bond motifs is 1. The van der Waals surface area contributed by atoms with Gasteiger partial charge in [-0.25, -0.2) is 14.6 Å². The summed E-state index contributed by atoms with van der Waals surface area (Å²) >= 11 is 0. The number of nitrogens with one attached hydrogen (secondary N) is 1. The molecule has 0 amide bonds. The number of methoxy groups -OCH3 is 1. The fraction of sp³-hybridized carbons (Fsp3) is 0.160. The Balaban J connectivity index is 1.44. The molecule has 0 saturated heterocycles. The van der Waals surface area contributed by atoms with E-state index >= 15 is 0 Å². The topological polar surface area (TPSA) is 79.0 Å². The van der Waals surface area contributed by atoms with Crippen LogP contribution in [0.25, 0.3) is 16.7 Å². The van der Waals surface area contributed by atoms with Crippen LogP contribution in [0.3, 0.4) is 0 Å². The van der Waals surface area contributed by atoms with Crippen molar-refractivity contribution in [3.8, 4) is 17.2 Å². The molecule has 0 unspecified atom stereocenters. The van der Waals surface area contributed by atoms with Crippen molar-refractivity contribution in [2.75, 3.05) is 12.4 Å². The van der Waals surface area contributed by atoms with Crippen molar-refractivity contribution in [3.63, 3.8) is 0 Å². The van der Waals surface area contributed by atoms with Crippen LogP contribution < -0.4 is 14.8 Å². The van der Waals surface area contributed by atoms with Gasteiger partial charge in [-0.1, -0.05) is 24.3 Å². The lowest BCUT2D eigenvalue weighted by molar-refractivity contribution is 0.292. The molecule has 2 heterocycles. The van der Waals surface area contributed by atoms with Crippen molar-refractivity contribution in [2.24, 2.45) is 7.05 Å². The van der Waals surface area contributed by atoms with Crippen molar-refractivity contribution in [1.29, 1.82) is 0 Å². The van der Waals surface area contributed by atoms with E-state index in [0.29, 0.717) is 12.4 Å². The van der Waals surface area contributed by atoms with Gasteiger partial charge in [0.25, 0.3) is 0 Å². The number of hydrogen-bond donors (Lipinski definition) is 1. The van der Waals surface area contributed by atoms with Crippen LogP contribution in [0.2, 0.25) is 0 Å². The zero-order valence-corrected chi connectivity index (χ0v) is 18.7. The summed E-state index contributed by atoms with van der Waals surface area (Å²) in [4.78, 5) is 9.06. The van der Waals surface area contributed by atoms with Crippen LogP contribution in [0.4, 0.5) is 11.4 Å². The summed E-state index contributed by atoms with van der Waals surface area (Å²) in [5.41, 5.74) is 4.51. The van der Waals surface area contributed by atoms with E-state index in [0.717, 1.165) is 45.5 Å². The Bertz CT molecular complexity index is 1410. The third-order valence-corrected chi connectivity index (χ3v) is 5.52. The molecule has 1 N–H and O–H groups in total. The Morgan fingerprint density at radius 3 is 2.61 bits per heavy atom. The molecule has 5 aromatic rings. The molecule has 33 heavy (non-hydrogen) atoms. The van der Waals surface area contributed by atoms with Crippen LogP contribution in [-0.4, -0.2) is 31.4 Å². The van der Waals surface area contributed by atoms with E-state index in [1.54, 1.807) is 11.8 Å². The minimum absolute atomic E-state index is 0.383. The Morgan fingerprint density at radius 1 is 1.00 bits per heavy atom. The van der Waals surface area contributed by atoms with Crippen molar-refractivity contribution < 1.29 is 9.47 Å². The fourth-order valence-corrected chi connectivity index (χ4v) is 3.78. The SMILES string of the molecule is COc1cc(Nc2cccc3c2nc(COc2ccccc2)n3C)ccc1-n1ncnc1C. The van der Waals surface area contributed by atoms with Crippen LogP contribution in [0.5, 0.6) is 11.5 Å². The van der Waals surface area contributed by atoms with E-state index in [1.165, 1.54) is 6.33 Å². The van der Waals surface area contributed by atoms with Crippen LogP contribution in [0, 0.1) is 6.92 Å². The summed E-state index contributed by atoms with van der Waals surface area (Å²) in [5, 5.41) is 7.76. The van der Waals surface area contributed by atoms with E-state index in [-0.39, 0.29) is 0 Å². The third-order valence-electron chi connectivity index (χ3n) is 5.52. The fourth-order valence-electron chi connectivity index (χ4n) is 3.78. The van der Waals surface area contributed by atoms with Crippen molar-refractivity contribution in [1.82, 2.24) is 24.3 Å². The lowest BCUT2D eigenvalue weighted by Gasteiger charge is -2.13. The van der Waals surface area contributed by atoms with Crippen LogP contribution >= 0.6 is 0 Å². The lowest BCUT2D eigenvalue weighted by Crippen LogP contribution is -2.03. The second kappa shape index (κ2) is 8.66. The summed E-state index contributed by atoms with van der Waals surface area (Å²) in [6.45, 7) is 2.29. The molecular formula is C25H24N6O2. The molecule has 0 aliphatic heterocycles. The smallest absolute Gasteiger partial charge is 0.147 e. The molecule has 0 spiro atoms. The molecule has 0 atom stereocenters. The quantitative estimate of drug-likeness (QED) is 0.392. The zero-order valence-electron chi connectivity index (χ0n) is 18.7. The van der Waals surface area contributed by atoms with Crippen molar-refractivity contribution >= 4 is 22.4 Å². The Hall–Kier alpha value is -4.33. The Kier molecular flexibility index (Phi) is 5.40. The molecule has 0 aliphatic rings. The molecule has 2 aromatic heterocycles. The summed E-state index contributed by atoms with van der Waals surface area (Å²) < 4.78 is 15.3. The number of ether oxygens (including phenoxy) is 2. The number of aromatic nitrogens is 5. The molecule has 3 aromatic carbocycles. The number of aryl methyl sites for hydroxylation is 2. The predicted molar refractivity (Wildman–Crippen MR) is 127 cm³/mol. The van der Waals surface area contributed by atoms with Gasteiger partial charge in [-0.2, -0.15) is 5.10 Å². The molecule has 0 aliphatic carbocycles. The first-order valence-corrected chi connectivity index (χ1v) is 10.6. The molecule has 5 rings (SSSR count). The molecule has 166 valence electrons. The number of rotatable bonds is 7. The predicted octanol–water partition coefficient (Wildman–Crippen LogP) is 4.79. The normalized spacial score (nSPS) is 11.0. The van der Waals surface area contributed by atoms with E-state index in [1.807, 2.05) is 74.6 Å². The molecule has 0 fully saturated rings. The zero-order chi connectivity index (χ0) is 22.8. The van der Waals surface area contributed by atoms with Crippen molar-refractivity contribution in [2.45, 2.75) is 13.5 Å². The van der Waals surface area contributed by atoms with Gasteiger partial charge in [0.2, 0.25) is 0 Å². The number of para-hydroxylation sites is 2. The van der Waals surface area contributed by atoms with Gasteiger partial charge in [-0.3, -0.25) is 0 Å². The van der Waals surface area contributed by atoms with E-state index < -0.39 is 0 Å². The maximum atomic E-state index is 5.92. The molecule has 8 nitrogen and oxygen atoms in total. The van der Waals surface area contributed by atoms with E-state index in [9.17, 15) is 0 Å². The second-order valence-corrected chi connectivity index (χ2v) is 7.59. The summed E-state index contributed by atoms with van der Waals surface area (Å²) in [6, 6.07) is 21.7. The largest absolute Gasteiger partial charge is 0.494 e. The first-order valence-electron chi connectivity index (χ1n) is 10.6. The summed E-state index contributed by atoms with van der Waals surface area (Å²) in [6.07, 6.45) is 1.53. The maximum absolute atomic E-state index is 5.92. The number of imidazole rings is 1. The van der Waals surface area contributed by atoms with Gasteiger partial charge in [0, 0.05) is 18.8 Å². The minimum Gasteiger partial charge on any atom is -0.494 e. The van der Waals surface area contributed by atoms with Gasteiger partial charge in [-0.15, -0.1) is 0 Å². The highest BCUT2D eigenvalue weighted by atomic mass is 16.5. The summed E-state index contributed by atoms with van der Waals surface area (Å²) in [7, 11) is 3.65. The Labute approximate surface area is 191 Å². The Morgan fingerprint density at radius 2 is 1.85 bits per heavy atom. The minimum atomic E-state index is 0.383. The first-order chi connectivity index (χ1) is 16.1. The lowest BCUT2D eigenvalue weighted by atomic mass is 10.2. The average Bonchev–Trinajstić information content (AvgIpc) is 3.42. The van der Waals surface area contributed by atoms with E-state index in [4.69, 9.17) is 14.5 Å². The number of anilines is 2. The monoisotopic (exact) mass is 440 g/mol. The van der Waals surface area contributed by atoms with Crippen LogP contribution in [0.1, 0.15) is 11.6 Å². The maximum Gasteiger partial charge on any atom is 0.147 e. The molecule has 0 saturated carbocycles. The van der Waals surface area contributed by atoms with Gasteiger partial charge in [0.05, 0.1) is 18.3 Å².